The highest BCUT2D eigenvalue weighted by Gasteiger charge is 1.95. The molecule has 2 nitrogen and oxygen atoms in total. The van der Waals surface area contributed by atoms with Gasteiger partial charge in [-0.2, -0.15) is 0 Å². The van der Waals surface area contributed by atoms with E-state index in [1.165, 1.54) is 0 Å². The highest BCUT2D eigenvalue weighted by molar-refractivity contribution is 5.48. The molecule has 1 aromatic heterocycles. The van der Waals surface area contributed by atoms with Crippen molar-refractivity contribution in [1.29, 1.82) is 0 Å². The Labute approximate surface area is 72.8 Å². The van der Waals surface area contributed by atoms with E-state index in [0.29, 0.717) is 6.42 Å². The molecule has 64 valence electrons. The first-order valence-corrected chi connectivity index (χ1v) is 4.31. The Morgan fingerprint density at radius 3 is 2.50 bits per heavy atom. The molecule has 0 saturated heterocycles. The number of rotatable bonds is 5. The largest absolute Gasteiger partial charge is 0.303 e. The van der Waals surface area contributed by atoms with Gasteiger partial charge >= 0.3 is 0 Å². The SMILES string of the molecule is O=CCCCC[n+]1ccccc1. The molecule has 0 atom stereocenters. The van der Waals surface area contributed by atoms with Crippen LogP contribution in [0.3, 0.4) is 0 Å². The van der Waals surface area contributed by atoms with Gasteiger partial charge in [0, 0.05) is 25.0 Å². The predicted molar refractivity (Wildman–Crippen MR) is 46.6 cm³/mol. The van der Waals surface area contributed by atoms with Crippen LogP contribution in [-0.4, -0.2) is 6.29 Å². The molecule has 0 unspecified atom stereocenters. The molecule has 0 spiro atoms. The number of carbonyl (C=O) groups excluding carboxylic acids is 1. The molecule has 2 heteroatoms. The Bertz CT molecular complexity index is 221. The van der Waals surface area contributed by atoms with Gasteiger partial charge in [0.2, 0.25) is 0 Å². The van der Waals surface area contributed by atoms with Crippen LogP contribution in [0, 0.1) is 0 Å². The molecule has 1 aromatic rings. The topological polar surface area (TPSA) is 20.9 Å². The van der Waals surface area contributed by atoms with Crippen molar-refractivity contribution in [1.82, 2.24) is 0 Å². The summed E-state index contributed by atoms with van der Waals surface area (Å²) in [6.45, 7) is 1.01. The Morgan fingerprint density at radius 1 is 1.08 bits per heavy atom. The number of aldehydes is 1. The molecule has 0 N–H and O–H groups in total. The summed E-state index contributed by atoms with van der Waals surface area (Å²) in [5, 5.41) is 0. The molecule has 1 rings (SSSR count). The van der Waals surface area contributed by atoms with Gasteiger partial charge in [-0.05, 0) is 6.42 Å². The van der Waals surface area contributed by atoms with E-state index in [-0.39, 0.29) is 0 Å². The third-order valence-corrected chi connectivity index (χ3v) is 1.77. The van der Waals surface area contributed by atoms with Gasteiger partial charge in [0.25, 0.3) is 0 Å². The first-order valence-electron chi connectivity index (χ1n) is 4.31. The molecule has 0 aliphatic heterocycles. The minimum Gasteiger partial charge on any atom is -0.303 e. The highest BCUT2D eigenvalue weighted by atomic mass is 16.1. The Kier molecular flexibility index (Phi) is 4.06. The van der Waals surface area contributed by atoms with Gasteiger partial charge in [-0.3, -0.25) is 0 Å². The van der Waals surface area contributed by atoms with Crippen LogP contribution in [0.25, 0.3) is 0 Å². The van der Waals surface area contributed by atoms with Crippen molar-refractivity contribution in [3.05, 3.63) is 30.6 Å². The molecular formula is C10H14NO+. The molecule has 12 heavy (non-hydrogen) atoms. The number of aromatic nitrogens is 1. The van der Waals surface area contributed by atoms with Gasteiger partial charge in [0.05, 0.1) is 0 Å². The number of carbonyl (C=O) groups is 1. The van der Waals surface area contributed by atoms with E-state index in [0.717, 1.165) is 25.7 Å². The second-order valence-electron chi connectivity index (χ2n) is 2.78. The Morgan fingerprint density at radius 2 is 1.83 bits per heavy atom. The fourth-order valence-electron chi connectivity index (χ4n) is 1.11. The highest BCUT2D eigenvalue weighted by Crippen LogP contribution is 1.91. The third-order valence-electron chi connectivity index (χ3n) is 1.77. The lowest BCUT2D eigenvalue weighted by molar-refractivity contribution is -0.697. The van der Waals surface area contributed by atoms with Crippen molar-refractivity contribution in [3.8, 4) is 0 Å². The maximum atomic E-state index is 10.0. The lowest BCUT2D eigenvalue weighted by Crippen LogP contribution is -2.32. The fraction of sp³-hybridized carbons (Fsp3) is 0.400. The summed E-state index contributed by atoms with van der Waals surface area (Å²) in [6.07, 6.45) is 7.82. The summed E-state index contributed by atoms with van der Waals surface area (Å²) in [6, 6.07) is 6.03. The smallest absolute Gasteiger partial charge is 0.168 e. The van der Waals surface area contributed by atoms with Crippen molar-refractivity contribution in [2.24, 2.45) is 0 Å². The average Bonchev–Trinajstić information content (AvgIpc) is 2.14. The summed E-state index contributed by atoms with van der Waals surface area (Å²) in [5.41, 5.74) is 0. The second kappa shape index (κ2) is 5.47. The molecule has 0 amide bonds. The van der Waals surface area contributed by atoms with Crippen molar-refractivity contribution < 1.29 is 9.36 Å². The zero-order valence-corrected chi connectivity index (χ0v) is 7.15. The number of hydrogen-bond donors (Lipinski definition) is 0. The van der Waals surface area contributed by atoms with Crippen LogP contribution in [0.4, 0.5) is 0 Å². The number of unbranched alkanes of at least 4 members (excludes halogenated alkanes) is 2. The zero-order valence-electron chi connectivity index (χ0n) is 7.15. The van der Waals surface area contributed by atoms with E-state index in [9.17, 15) is 4.79 Å². The van der Waals surface area contributed by atoms with Crippen LogP contribution in [0.2, 0.25) is 0 Å². The molecule has 0 fully saturated rings. The standard InChI is InChI=1S/C10H14NO/c12-10-6-2-5-9-11-7-3-1-4-8-11/h1,3-4,7-8,10H,2,5-6,9H2/q+1. The fourth-order valence-corrected chi connectivity index (χ4v) is 1.11. The molecule has 0 bridgehead atoms. The Balaban J connectivity index is 2.20. The number of nitrogens with zero attached hydrogens (tertiary/aromatic N) is 1. The lowest BCUT2D eigenvalue weighted by Gasteiger charge is -1.93. The van der Waals surface area contributed by atoms with Gasteiger partial charge in [-0.15, -0.1) is 0 Å². The first-order chi connectivity index (χ1) is 5.93. The van der Waals surface area contributed by atoms with Crippen LogP contribution >= 0.6 is 0 Å². The molecular weight excluding hydrogens is 150 g/mol. The average molecular weight is 164 g/mol. The van der Waals surface area contributed by atoms with Crippen molar-refractivity contribution in [2.75, 3.05) is 0 Å². The van der Waals surface area contributed by atoms with Crippen molar-refractivity contribution in [3.63, 3.8) is 0 Å². The van der Waals surface area contributed by atoms with Crippen molar-refractivity contribution >= 4 is 6.29 Å². The molecule has 0 aliphatic rings. The predicted octanol–water partition coefficient (Wildman–Crippen LogP) is 1.34. The van der Waals surface area contributed by atoms with E-state index in [1.54, 1.807) is 0 Å². The number of hydrogen-bond acceptors (Lipinski definition) is 1. The summed E-state index contributed by atoms with van der Waals surface area (Å²) in [5.74, 6) is 0. The number of aryl methyl sites for hydroxylation is 1. The van der Waals surface area contributed by atoms with Crippen LogP contribution in [-0.2, 0) is 11.3 Å². The zero-order chi connectivity index (χ0) is 8.65. The third kappa shape index (κ3) is 3.28. The van der Waals surface area contributed by atoms with Gasteiger partial charge in [0.1, 0.15) is 12.8 Å². The maximum absolute atomic E-state index is 10.0. The van der Waals surface area contributed by atoms with E-state index < -0.39 is 0 Å². The number of pyridine rings is 1. The summed E-state index contributed by atoms with van der Waals surface area (Å²) in [7, 11) is 0. The molecule has 0 saturated carbocycles. The van der Waals surface area contributed by atoms with Crippen LogP contribution in [0.15, 0.2) is 30.6 Å². The molecule has 1 heterocycles. The van der Waals surface area contributed by atoms with E-state index in [4.69, 9.17) is 0 Å². The lowest BCUT2D eigenvalue weighted by atomic mass is 10.2. The van der Waals surface area contributed by atoms with Crippen LogP contribution in [0.1, 0.15) is 19.3 Å². The molecule has 0 radical (unpaired) electrons. The van der Waals surface area contributed by atoms with Crippen LogP contribution < -0.4 is 4.57 Å². The molecule has 0 aromatic carbocycles. The van der Waals surface area contributed by atoms with Gasteiger partial charge in [-0.1, -0.05) is 6.07 Å². The second-order valence-corrected chi connectivity index (χ2v) is 2.78. The minimum atomic E-state index is 0.688. The molecule has 0 aliphatic carbocycles. The van der Waals surface area contributed by atoms with E-state index in [2.05, 4.69) is 4.57 Å². The minimum absolute atomic E-state index is 0.688. The van der Waals surface area contributed by atoms with Gasteiger partial charge in [0.15, 0.2) is 12.4 Å². The van der Waals surface area contributed by atoms with E-state index >= 15 is 0 Å². The normalized spacial score (nSPS) is 9.67. The summed E-state index contributed by atoms with van der Waals surface area (Å²) >= 11 is 0. The summed E-state index contributed by atoms with van der Waals surface area (Å²) < 4.78 is 2.13. The first kappa shape index (κ1) is 8.91. The van der Waals surface area contributed by atoms with Gasteiger partial charge in [-0.25, -0.2) is 4.57 Å². The van der Waals surface area contributed by atoms with Gasteiger partial charge < -0.3 is 4.79 Å². The van der Waals surface area contributed by atoms with Crippen molar-refractivity contribution in [2.45, 2.75) is 25.8 Å². The van der Waals surface area contributed by atoms with E-state index in [1.807, 2.05) is 30.6 Å². The quantitative estimate of drug-likeness (QED) is 0.365. The summed E-state index contributed by atoms with van der Waals surface area (Å²) in [4.78, 5) is 10.0. The maximum Gasteiger partial charge on any atom is 0.168 e. The monoisotopic (exact) mass is 164 g/mol. The Hall–Kier alpha value is -1.18. The van der Waals surface area contributed by atoms with Crippen LogP contribution in [0.5, 0.6) is 0 Å².